The molecule has 1 fully saturated rings. The predicted molar refractivity (Wildman–Crippen MR) is 111 cm³/mol. The Morgan fingerprint density at radius 1 is 1.06 bits per heavy atom. The number of hydrazine groups is 1. The van der Waals surface area contributed by atoms with Crippen LogP contribution in [0.4, 0.5) is 5.69 Å². The van der Waals surface area contributed by atoms with Crippen molar-refractivity contribution in [3.63, 3.8) is 0 Å². The van der Waals surface area contributed by atoms with Crippen LogP contribution in [0.1, 0.15) is 35.7 Å². The highest BCUT2D eigenvalue weighted by atomic mass is 16.6. The smallest absolute Gasteiger partial charge is 0.272 e. The topological polar surface area (TPSA) is 101 Å². The normalized spacial score (nSPS) is 20.3. The van der Waals surface area contributed by atoms with Gasteiger partial charge >= 0.3 is 0 Å². The van der Waals surface area contributed by atoms with Crippen LogP contribution in [0.25, 0.3) is 0 Å². The number of rotatable bonds is 5. The van der Waals surface area contributed by atoms with E-state index in [4.69, 9.17) is 0 Å². The van der Waals surface area contributed by atoms with Crippen LogP contribution in [0.5, 0.6) is 0 Å². The van der Waals surface area contributed by atoms with Gasteiger partial charge < -0.3 is 0 Å². The van der Waals surface area contributed by atoms with Gasteiger partial charge in [-0.15, -0.1) is 0 Å². The van der Waals surface area contributed by atoms with Gasteiger partial charge in [0.15, 0.2) is 0 Å². The molecular formula is C23H21N3O5. The molecule has 0 spiro atoms. The van der Waals surface area contributed by atoms with Gasteiger partial charge in [-0.25, -0.2) is 5.01 Å². The van der Waals surface area contributed by atoms with Gasteiger partial charge in [-0.2, -0.15) is 5.01 Å². The average molecular weight is 419 g/mol. The van der Waals surface area contributed by atoms with Gasteiger partial charge in [0.05, 0.1) is 23.3 Å². The van der Waals surface area contributed by atoms with Gasteiger partial charge in [-0.3, -0.25) is 24.5 Å². The highest BCUT2D eigenvalue weighted by Gasteiger charge is 2.51. The summed E-state index contributed by atoms with van der Waals surface area (Å²) >= 11 is 0. The Hall–Kier alpha value is -3.81. The lowest BCUT2D eigenvalue weighted by molar-refractivity contribution is -0.384. The van der Waals surface area contributed by atoms with Gasteiger partial charge in [0.25, 0.3) is 23.4 Å². The monoisotopic (exact) mass is 419 g/mol. The molecule has 1 saturated heterocycles. The number of nitrogens with zero attached hydrogens (tertiary/aromatic N) is 3. The van der Waals surface area contributed by atoms with E-state index in [0.717, 1.165) is 21.2 Å². The van der Waals surface area contributed by atoms with E-state index >= 15 is 0 Å². The van der Waals surface area contributed by atoms with Crippen molar-refractivity contribution < 1.29 is 19.3 Å². The van der Waals surface area contributed by atoms with Crippen molar-refractivity contribution in [2.45, 2.75) is 26.3 Å². The zero-order valence-corrected chi connectivity index (χ0v) is 16.9. The van der Waals surface area contributed by atoms with Crippen molar-refractivity contribution in [3.05, 3.63) is 87.5 Å². The highest BCUT2D eigenvalue weighted by Crippen LogP contribution is 2.39. The number of imide groups is 1. The molecule has 2 aromatic carbocycles. The minimum absolute atomic E-state index is 0.0278. The van der Waals surface area contributed by atoms with Crippen LogP contribution < -0.4 is 0 Å². The summed E-state index contributed by atoms with van der Waals surface area (Å²) in [5.41, 5.74) is 1.82. The summed E-state index contributed by atoms with van der Waals surface area (Å²) in [6.07, 6.45) is 2.94. The predicted octanol–water partition coefficient (Wildman–Crippen LogP) is 3.49. The zero-order valence-electron chi connectivity index (χ0n) is 16.9. The molecule has 8 heteroatoms. The van der Waals surface area contributed by atoms with Gasteiger partial charge in [-0.1, -0.05) is 42.0 Å². The molecule has 2 aromatic rings. The van der Waals surface area contributed by atoms with E-state index < -0.39 is 22.7 Å². The molecule has 0 bridgehead atoms. The number of nitro benzene ring substituents is 1. The quantitative estimate of drug-likeness (QED) is 0.320. The number of benzene rings is 2. The standard InChI is InChI=1S/C23H21N3O5/c1-15-7-12-19-20(13-15)23(29)25(22(19)28)24(14-16-5-3-2-4-6-16)21(27)17-8-10-18(11-9-17)26(30)31/h2-11,19-20H,12-14H2,1H3/t19-,20+/m0/s1. The number of carbonyl (C=O) groups excluding carboxylic acids is 3. The Labute approximate surface area is 178 Å². The minimum atomic E-state index is -0.566. The maximum atomic E-state index is 13.4. The van der Waals surface area contributed by atoms with Crippen LogP contribution in [-0.4, -0.2) is 32.7 Å². The number of nitro groups is 1. The summed E-state index contributed by atoms with van der Waals surface area (Å²) in [6, 6.07) is 14.2. The largest absolute Gasteiger partial charge is 0.273 e. The number of carbonyl (C=O) groups is 3. The molecule has 0 radical (unpaired) electrons. The first kappa shape index (κ1) is 20.5. The maximum Gasteiger partial charge on any atom is 0.273 e. The molecule has 2 aliphatic rings. The van der Waals surface area contributed by atoms with Crippen molar-refractivity contribution in [1.29, 1.82) is 0 Å². The molecule has 0 N–H and O–H groups in total. The van der Waals surface area contributed by atoms with Crippen molar-refractivity contribution in [2.24, 2.45) is 11.8 Å². The second kappa shape index (κ2) is 8.14. The molecule has 1 heterocycles. The molecule has 158 valence electrons. The van der Waals surface area contributed by atoms with E-state index in [9.17, 15) is 24.5 Å². The molecule has 3 amide bonds. The fraction of sp³-hybridized carbons (Fsp3) is 0.261. The lowest BCUT2D eigenvalue weighted by Gasteiger charge is -2.30. The van der Waals surface area contributed by atoms with Crippen LogP contribution in [-0.2, 0) is 16.1 Å². The third-order valence-corrected chi connectivity index (χ3v) is 5.78. The van der Waals surface area contributed by atoms with Crippen LogP contribution >= 0.6 is 0 Å². The Morgan fingerprint density at radius 3 is 2.35 bits per heavy atom. The molecule has 31 heavy (non-hydrogen) atoms. The van der Waals surface area contributed by atoms with E-state index in [1.165, 1.54) is 24.3 Å². The number of non-ortho nitro benzene ring substituents is 1. The van der Waals surface area contributed by atoms with Gasteiger partial charge in [0.2, 0.25) is 0 Å². The number of fused-ring (bicyclic) bond motifs is 1. The zero-order chi connectivity index (χ0) is 22.1. The number of amides is 3. The molecule has 1 aliphatic heterocycles. The van der Waals surface area contributed by atoms with E-state index in [0.29, 0.717) is 12.8 Å². The van der Waals surface area contributed by atoms with Crippen molar-refractivity contribution in [1.82, 2.24) is 10.0 Å². The molecule has 4 rings (SSSR count). The summed E-state index contributed by atoms with van der Waals surface area (Å²) in [6.45, 7) is 1.96. The summed E-state index contributed by atoms with van der Waals surface area (Å²) in [4.78, 5) is 50.1. The molecule has 0 saturated carbocycles. The first-order chi connectivity index (χ1) is 14.9. The number of allylic oxidation sites excluding steroid dienone is 2. The van der Waals surface area contributed by atoms with Crippen LogP contribution in [0, 0.1) is 22.0 Å². The second-order valence-electron chi connectivity index (χ2n) is 7.84. The van der Waals surface area contributed by atoms with Crippen molar-refractivity contribution in [2.75, 3.05) is 0 Å². The summed E-state index contributed by atoms with van der Waals surface area (Å²) in [7, 11) is 0. The van der Waals surface area contributed by atoms with E-state index in [1.54, 1.807) is 12.1 Å². The SMILES string of the molecule is CC1=CC[C@@H]2C(=O)N(N(Cc3ccccc3)C(=O)c3ccc([N+](=O)[O-])cc3)C(=O)[C@@H]2C1. The maximum absolute atomic E-state index is 13.4. The Kier molecular flexibility index (Phi) is 5.37. The fourth-order valence-electron chi connectivity index (χ4n) is 4.12. The van der Waals surface area contributed by atoms with E-state index in [2.05, 4.69) is 0 Å². The first-order valence-electron chi connectivity index (χ1n) is 10.0. The van der Waals surface area contributed by atoms with E-state index in [1.807, 2.05) is 31.2 Å². The third kappa shape index (κ3) is 3.84. The van der Waals surface area contributed by atoms with Gasteiger partial charge in [0, 0.05) is 17.7 Å². The lowest BCUT2D eigenvalue weighted by atomic mass is 9.82. The Balaban J connectivity index is 1.69. The summed E-state index contributed by atoms with van der Waals surface area (Å²) < 4.78 is 0. The average Bonchev–Trinajstić information content (AvgIpc) is 3.02. The third-order valence-electron chi connectivity index (χ3n) is 5.78. The lowest BCUT2D eigenvalue weighted by Crippen LogP contribution is -2.49. The van der Waals surface area contributed by atoms with Crippen LogP contribution in [0.2, 0.25) is 0 Å². The van der Waals surface area contributed by atoms with E-state index in [-0.39, 0.29) is 29.6 Å². The highest BCUT2D eigenvalue weighted by molar-refractivity contribution is 6.08. The molecular weight excluding hydrogens is 398 g/mol. The first-order valence-corrected chi connectivity index (χ1v) is 10.0. The van der Waals surface area contributed by atoms with Gasteiger partial charge in [-0.05, 0) is 37.5 Å². The van der Waals surface area contributed by atoms with Gasteiger partial charge in [0.1, 0.15) is 0 Å². The van der Waals surface area contributed by atoms with Crippen molar-refractivity contribution in [3.8, 4) is 0 Å². The Morgan fingerprint density at radius 2 is 1.71 bits per heavy atom. The number of hydrogen-bond acceptors (Lipinski definition) is 5. The van der Waals surface area contributed by atoms with Crippen LogP contribution in [0.15, 0.2) is 66.2 Å². The summed E-state index contributed by atoms with van der Waals surface area (Å²) in [5.74, 6) is -2.28. The molecule has 0 aromatic heterocycles. The number of hydrogen-bond donors (Lipinski definition) is 0. The molecule has 1 aliphatic carbocycles. The van der Waals surface area contributed by atoms with Crippen molar-refractivity contribution >= 4 is 23.4 Å². The molecule has 8 nitrogen and oxygen atoms in total. The molecule has 2 atom stereocenters. The van der Waals surface area contributed by atoms with Crippen LogP contribution in [0.3, 0.4) is 0 Å². The minimum Gasteiger partial charge on any atom is -0.272 e. The second-order valence-corrected chi connectivity index (χ2v) is 7.84. The fourth-order valence-corrected chi connectivity index (χ4v) is 4.12. The Bertz CT molecular complexity index is 1080. The molecule has 0 unspecified atom stereocenters. The summed E-state index contributed by atoms with van der Waals surface area (Å²) in [5, 5.41) is 13.1.